The van der Waals surface area contributed by atoms with E-state index in [0.29, 0.717) is 6.54 Å². The van der Waals surface area contributed by atoms with E-state index < -0.39 is 23.3 Å². The van der Waals surface area contributed by atoms with Gasteiger partial charge in [0.05, 0.1) is 17.2 Å². The number of alkyl halides is 3. The number of carbonyl (C=O) groups is 1. The zero-order valence-corrected chi connectivity index (χ0v) is 10.0. The van der Waals surface area contributed by atoms with Gasteiger partial charge in [-0.3, -0.25) is 4.79 Å². The third kappa shape index (κ3) is 3.61. The predicted octanol–water partition coefficient (Wildman–Crippen LogP) is 2.49. The molecule has 19 heavy (non-hydrogen) atoms. The molecule has 102 valence electrons. The van der Waals surface area contributed by atoms with Gasteiger partial charge in [-0.15, -0.1) is 0 Å². The number of carboxylic acids is 1. The standard InChI is InChI=1S/C12H11F3N2O2/c1-2-17(7-11(18)19)9-3-4-10(12(13,14)15)8(5-9)6-16/h3-5H,2,7H2,1H3,(H,18,19). The molecule has 0 atom stereocenters. The minimum Gasteiger partial charge on any atom is -0.480 e. The Morgan fingerprint density at radius 2 is 2.11 bits per heavy atom. The molecule has 1 aromatic carbocycles. The second-order valence-corrected chi connectivity index (χ2v) is 3.75. The van der Waals surface area contributed by atoms with Crippen LogP contribution in [-0.4, -0.2) is 24.2 Å². The summed E-state index contributed by atoms with van der Waals surface area (Å²) in [5, 5.41) is 17.5. The molecule has 0 bridgehead atoms. The van der Waals surface area contributed by atoms with E-state index in [0.717, 1.165) is 18.2 Å². The maximum absolute atomic E-state index is 12.6. The van der Waals surface area contributed by atoms with Crippen molar-refractivity contribution in [2.75, 3.05) is 18.0 Å². The molecular formula is C12H11F3N2O2. The topological polar surface area (TPSA) is 64.3 Å². The molecule has 7 heteroatoms. The van der Waals surface area contributed by atoms with Gasteiger partial charge in [-0.1, -0.05) is 0 Å². The fourth-order valence-corrected chi connectivity index (χ4v) is 1.62. The number of nitrogens with zero attached hydrogens (tertiary/aromatic N) is 2. The van der Waals surface area contributed by atoms with Gasteiger partial charge in [-0.25, -0.2) is 0 Å². The molecule has 1 N–H and O–H groups in total. The highest BCUT2D eigenvalue weighted by molar-refractivity contribution is 5.74. The van der Waals surface area contributed by atoms with E-state index in [1.165, 1.54) is 11.0 Å². The molecule has 0 fully saturated rings. The highest BCUT2D eigenvalue weighted by Gasteiger charge is 2.33. The number of benzene rings is 1. The Kier molecular flexibility index (Phi) is 4.38. The lowest BCUT2D eigenvalue weighted by molar-refractivity contribution is -0.138. The highest BCUT2D eigenvalue weighted by Crippen LogP contribution is 2.33. The maximum Gasteiger partial charge on any atom is 0.417 e. The van der Waals surface area contributed by atoms with Gasteiger partial charge in [0, 0.05) is 12.2 Å². The summed E-state index contributed by atoms with van der Waals surface area (Å²) in [5.74, 6) is -1.10. The molecule has 0 aliphatic rings. The van der Waals surface area contributed by atoms with Gasteiger partial charge in [-0.2, -0.15) is 18.4 Å². The van der Waals surface area contributed by atoms with Gasteiger partial charge in [0.1, 0.15) is 6.54 Å². The van der Waals surface area contributed by atoms with Crippen molar-refractivity contribution in [2.45, 2.75) is 13.1 Å². The van der Waals surface area contributed by atoms with Crippen molar-refractivity contribution in [1.82, 2.24) is 0 Å². The molecule has 0 saturated heterocycles. The molecule has 0 spiro atoms. The lowest BCUT2D eigenvalue weighted by atomic mass is 10.1. The lowest BCUT2D eigenvalue weighted by Gasteiger charge is -2.21. The molecule has 0 aromatic heterocycles. The molecule has 1 rings (SSSR count). The first-order valence-corrected chi connectivity index (χ1v) is 5.37. The second kappa shape index (κ2) is 5.61. The first-order chi connectivity index (χ1) is 8.79. The van der Waals surface area contributed by atoms with Crippen molar-refractivity contribution >= 4 is 11.7 Å². The Bertz CT molecular complexity index is 521. The van der Waals surface area contributed by atoms with Crippen molar-refractivity contribution in [3.8, 4) is 6.07 Å². The summed E-state index contributed by atoms with van der Waals surface area (Å²) in [6.07, 6.45) is -4.60. The van der Waals surface area contributed by atoms with Crippen LogP contribution in [0.2, 0.25) is 0 Å². The highest BCUT2D eigenvalue weighted by atomic mass is 19.4. The summed E-state index contributed by atoms with van der Waals surface area (Å²) in [6, 6.07) is 4.48. The third-order valence-corrected chi connectivity index (χ3v) is 2.50. The molecule has 0 unspecified atom stereocenters. The Balaban J connectivity index is 3.20. The number of anilines is 1. The largest absolute Gasteiger partial charge is 0.480 e. The van der Waals surface area contributed by atoms with Crippen LogP contribution in [0.25, 0.3) is 0 Å². The fraction of sp³-hybridized carbons (Fsp3) is 0.333. The van der Waals surface area contributed by atoms with Crippen LogP contribution in [0.1, 0.15) is 18.1 Å². The van der Waals surface area contributed by atoms with Gasteiger partial charge < -0.3 is 10.0 Å². The van der Waals surface area contributed by atoms with E-state index in [4.69, 9.17) is 10.4 Å². The van der Waals surface area contributed by atoms with Gasteiger partial charge in [0.15, 0.2) is 0 Å². The molecular weight excluding hydrogens is 261 g/mol. The monoisotopic (exact) mass is 272 g/mol. The van der Waals surface area contributed by atoms with E-state index in [1.807, 2.05) is 0 Å². The summed E-state index contributed by atoms with van der Waals surface area (Å²) < 4.78 is 37.8. The van der Waals surface area contributed by atoms with E-state index >= 15 is 0 Å². The minimum atomic E-state index is -4.60. The third-order valence-electron chi connectivity index (χ3n) is 2.50. The zero-order valence-electron chi connectivity index (χ0n) is 10.0. The number of hydrogen-bond donors (Lipinski definition) is 1. The van der Waals surface area contributed by atoms with Crippen molar-refractivity contribution in [2.24, 2.45) is 0 Å². The van der Waals surface area contributed by atoms with E-state index in [-0.39, 0.29) is 12.2 Å². The van der Waals surface area contributed by atoms with E-state index in [9.17, 15) is 18.0 Å². The van der Waals surface area contributed by atoms with Crippen LogP contribution < -0.4 is 4.90 Å². The quantitative estimate of drug-likeness (QED) is 0.914. The first-order valence-electron chi connectivity index (χ1n) is 5.37. The van der Waals surface area contributed by atoms with Crippen molar-refractivity contribution in [3.63, 3.8) is 0 Å². The Morgan fingerprint density at radius 1 is 1.47 bits per heavy atom. The molecule has 0 radical (unpaired) electrons. The number of rotatable bonds is 4. The predicted molar refractivity (Wildman–Crippen MR) is 61.7 cm³/mol. The van der Waals surface area contributed by atoms with Crippen LogP contribution in [0.15, 0.2) is 18.2 Å². The number of aliphatic carboxylic acids is 1. The fourth-order valence-electron chi connectivity index (χ4n) is 1.62. The zero-order chi connectivity index (χ0) is 14.6. The average Bonchev–Trinajstić information content (AvgIpc) is 2.33. The number of hydrogen-bond acceptors (Lipinski definition) is 3. The van der Waals surface area contributed by atoms with Gasteiger partial charge in [-0.05, 0) is 25.1 Å². The van der Waals surface area contributed by atoms with Crippen LogP contribution in [0.3, 0.4) is 0 Å². The summed E-state index contributed by atoms with van der Waals surface area (Å²) in [4.78, 5) is 12.0. The van der Waals surface area contributed by atoms with Crippen LogP contribution in [-0.2, 0) is 11.0 Å². The molecule has 4 nitrogen and oxygen atoms in total. The number of halogens is 3. The van der Waals surface area contributed by atoms with Crippen molar-refractivity contribution in [3.05, 3.63) is 29.3 Å². The second-order valence-electron chi connectivity index (χ2n) is 3.75. The van der Waals surface area contributed by atoms with Gasteiger partial charge >= 0.3 is 12.1 Å². The van der Waals surface area contributed by atoms with Gasteiger partial charge in [0.2, 0.25) is 0 Å². The Hall–Kier alpha value is -2.23. The molecule has 0 heterocycles. The van der Waals surface area contributed by atoms with E-state index in [2.05, 4.69) is 0 Å². The van der Waals surface area contributed by atoms with Crippen molar-refractivity contribution < 1.29 is 23.1 Å². The van der Waals surface area contributed by atoms with Crippen LogP contribution in [0.4, 0.5) is 18.9 Å². The van der Waals surface area contributed by atoms with Crippen molar-refractivity contribution in [1.29, 1.82) is 5.26 Å². The summed E-state index contributed by atoms with van der Waals surface area (Å²) in [7, 11) is 0. The Morgan fingerprint density at radius 3 is 2.53 bits per heavy atom. The molecule has 0 amide bonds. The SMILES string of the molecule is CCN(CC(=O)O)c1ccc(C(F)(F)F)c(C#N)c1. The summed E-state index contributed by atoms with van der Waals surface area (Å²) >= 11 is 0. The van der Waals surface area contributed by atoms with Crippen LogP contribution in [0, 0.1) is 11.3 Å². The minimum absolute atomic E-state index is 0.273. The van der Waals surface area contributed by atoms with E-state index in [1.54, 1.807) is 6.92 Å². The number of likely N-dealkylation sites (N-methyl/N-ethyl adjacent to an activating group) is 1. The normalized spacial score (nSPS) is 10.9. The van der Waals surface area contributed by atoms with Gasteiger partial charge in [0.25, 0.3) is 0 Å². The average molecular weight is 272 g/mol. The summed E-state index contributed by atoms with van der Waals surface area (Å²) in [6.45, 7) is 1.64. The van der Waals surface area contributed by atoms with Crippen LogP contribution >= 0.6 is 0 Å². The lowest BCUT2D eigenvalue weighted by Crippen LogP contribution is -2.29. The molecule has 0 saturated carbocycles. The Labute approximate surface area is 107 Å². The molecule has 0 aliphatic heterocycles. The summed E-state index contributed by atoms with van der Waals surface area (Å²) in [5.41, 5.74) is -1.27. The molecule has 1 aromatic rings. The maximum atomic E-state index is 12.6. The first kappa shape index (κ1) is 14.8. The van der Waals surface area contributed by atoms with Crippen LogP contribution in [0.5, 0.6) is 0 Å². The number of carboxylic acid groups (broad SMARTS) is 1. The smallest absolute Gasteiger partial charge is 0.417 e. The number of nitriles is 1. The molecule has 0 aliphatic carbocycles.